The lowest BCUT2D eigenvalue weighted by Crippen LogP contribution is -2.06. The van der Waals surface area contributed by atoms with E-state index in [1.807, 2.05) is 19.1 Å². The highest BCUT2D eigenvalue weighted by molar-refractivity contribution is 5.96. The van der Waals surface area contributed by atoms with Crippen molar-refractivity contribution in [1.29, 1.82) is 0 Å². The van der Waals surface area contributed by atoms with Gasteiger partial charge in [-0.15, -0.1) is 0 Å². The summed E-state index contributed by atoms with van der Waals surface area (Å²) in [4.78, 5) is 15.9. The van der Waals surface area contributed by atoms with Crippen molar-refractivity contribution in [3.8, 4) is 11.5 Å². The van der Waals surface area contributed by atoms with Crippen molar-refractivity contribution in [2.45, 2.75) is 6.92 Å². The average molecular weight is 261 g/mol. The Morgan fingerprint density at radius 1 is 1.26 bits per heavy atom. The van der Waals surface area contributed by atoms with Gasteiger partial charge in [-0.1, -0.05) is 6.07 Å². The number of carbonyl (C=O) groups excluding carboxylic acids is 1. The molecule has 0 aliphatic heterocycles. The van der Waals surface area contributed by atoms with E-state index in [1.165, 1.54) is 7.11 Å². The topological polar surface area (TPSA) is 57.7 Å². The van der Waals surface area contributed by atoms with E-state index >= 15 is 0 Å². The molecule has 0 radical (unpaired) electrons. The van der Waals surface area contributed by atoms with E-state index in [0.29, 0.717) is 23.6 Å². The number of hydrogen-bond acceptors (Lipinski definition) is 5. The molecule has 0 bridgehead atoms. The van der Waals surface area contributed by atoms with Crippen molar-refractivity contribution in [1.82, 2.24) is 4.98 Å². The summed E-state index contributed by atoms with van der Waals surface area (Å²) in [5.74, 6) is 0.723. The molecular weight excluding hydrogens is 246 g/mol. The molecule has 5 nitrogen and oxygen atoms in total. The molecule has 0 aliphatic rings. The van der Waals surface area contributed by atoms with E-state index in [4.69, 9.17) is 9.47 Å². The highest BCUT2D eigenvalue weighted by Crippen LogP contribution is 2.33. The van der Waals surface area contributed by atoms with Gasteiger partial charge in [0.25, 0.3) is 0 Å². The molecule has 0 N–H and O–H groups in total. The summed E-state index contributed by atoms with van der Waals surface area (Å²) in [5.41, 5.74) is 0.845. The molecule has 0 saturated heterocycles. The molecule has 0 unspecified atom stereocenters. The zero-order valence-corrected chi connectivity index (χ0v) is 11.1. The summed E-state index contributed by atoms with van der Waals surface area (Å²) < 4.78 is 15.6. The number of aromatic nitrogens is 1. The molecule has 0 atom stereocenters. The van der Waals surface area contributed by atoms with Crippen molar-refractivity contribution in [3.63, 3.8) is 0 Å². The van der Waals surface area contributed by atoms with Gasteiger partial charge >= 0.3 is 5.97 Å². The van der Waals surface area contributed by atoms with Gasteiger partial charge in [-0.05, 0) is 19.1 Å². The molecular formula is C14H15NO4. The van der Waals surface area contributed by atoms with Gasteiger partial charge < -0.3 is 14.2 Å². The third-order valence-corrected chi connectivity index (χ3v) is 2.67. The molecule has 2 rings (SSSR count). The standard InChI is InChI=1S/C14H15NO4/c1-4-19-12-8-10(14(16)18-3)15-9-6-5-7-11(17-2)13(9)12/h5-8H,4H2,1-3H3. The zero-order valence-electron chi connectivity index (χ0n) is 11.1. The summed E-state index contributed by atoms with van der Waals surface area (Å²) in [5, 5.41) is 0.750. The van der Waals surface area contributed by atoms with Crippen LogP contribution in [0.1, 0.15) is 17.4 Å². The van der Waals surface area contributed by atoms with Gasteiger partial charge in [0, 0.05) is 6.07 Å². The highest BCUT2D eigenvalue weighted by Gasteiger charge is 2.15. The Bertz CT molecular complexity index is 610. The normalized spacial score (nSPS) is 10.3. The molecule has 5 heteroatoms. The van der Waals surface area contributed by atoms with E-state index in [9.17, 15) is 4.79 Å². The maximum atomic E-state index is 11.6. The summed E-state index contributed by atoms with van der Waals surface area (Å²) in [6.07, 6.45) is 0. The average Bonchev–Trinajstić information content (AvgIpc) is 2.45. The summed E-state index contributed by atoms with van der Waals surface area (Å²) >= 11 is 0. The van der Waals surface area contributed by atoms with E-state index < -0.39 is 5.97 Å². The van der Waals surface area contributed by atoms with E-state index in [0.717, 1.165) is 5.39 Å². The second-order valence-corrected chi connectivity index (χ2v) is 3.78. The third kappa shape index (κ3) is 2.45. The number of hydrogen-bond donors (Lipinski definition) is 0. The van der Waals surface area contributed by atoms with Crippen LogP contribution in [0.3, 0.4) is 0 Å². The minimum atomic E-state index is -0.495. The second-order valence-electron chi connectivity index (χ2n) is 3.78. The quantitative estimate of drug-likeness (QED) is 0.791. The van der Waals surface area contributed by atoms with Crippen LogP contribution in [0.25, 0.3) is 10.9 Å². The molecule has 0 fully saturated rings. The number of pyridine rings is 1. The Kier molecular flexibility index (Phi) is 3.85. The number of esters is 1. The maximum absolute atomic E-state index is 11.6. The van der Waals surface area contributed by atoms with Crippen LogP contribution in [0.15, 0.2) is 24.3 Å². The van der Waals surface area contributed by atoms with Gasteiger partial charge in [0.1, 0.15) is 11.5 Å². The largest absolute Gasteiger partial charge is 0.496 e. The summed E-state index contributed by atoms with van der Waals surface area (Å²) in [7, 11) is 2.90. The SMILES string of the molecule is CCOc1cc(C(=O)OC)nc2cccc(OC)c12. The smallest absolute Gasteiger partial charge is 0.356 e. The molecule has 0 spiro atoms. The van der Waals surface area contributed by atoms with Gasteiger partial charge in [-0.2, -0.15) is 0 Å². The van der Waals surface area contributed by atoms with Crippen molar-refractivity contribution in [2.24, 2.45) is 0 Å². The number of ether oxygens (including phenoxy) is 3. The van der Waals surface area contributed by atoms with Crippen LogP contribution >= 0.6 is 0 Å². The van der Waals surface area contributed by atoms with Crippen LogP contribution in [0.5, 0.6) is 11.5 Å². The monoisotopic (exact) mass is 261 g/mol. The lowest BCUT2D eigenvalue weighted by molar-refractivity contribution is 0.0594. The van der Waals surface area contributed by atoms with Crippen LogP contribution in [-0.2, 0) is 4.74 Å². The van der Waals surface area contributed by atoms with Crippen molar-refractivity contribution in [3.05, 3.63) is 30.0 Å². The Morgan fingerprint density at radius 3 is 2.68 bits per heavy atom. The number of carbonyl (C=O) groups is 1. The van der Waals surface area contributed by atoms with Crippen LogP contribution < -0.4 is 9.47 Å². The van der Waals surface area contributed by atoms with Crippen molar-refractivity contribution in [2.75, 3.05) is 20.8 Å². The highest BCUT2D eigenvalue weighted by atomic mass is 16.5. The minimum Gasteiger partial charge on any atom is -0.496 e. The fourth-order valence-corrected chi connectivity index (χ4v) is 1.87. The van der Waals surface area contributed by atoms with Crippen molar-refractivity contribution < 1.29 is 19.0 Å². The Hall–Kier alpha value is -2.30. The van der Waals surface area contributed by atoms with Crippen molar-refractivity contribution >= 4 is 16.9 Å². The number of rotatable bonds is 4. The van der Waals surface area contributed by atoms with Crippen LogP contribution in [-0.4, -0.2) is 31.8 Å². The van der Waals surface area contributed by atoms with E-state index in [1.54, 1.807) is 19.2 Å². The predicted molar refractivity (Wildman–Crippen MR) is 70.8 cm³/mol. The molecule has 0 aliphatic carbocycles. The Labute approximate surface area is 111 Å². The van der Waals surface area contributed by atoms with Crippen LogP contribution in [0, 0.1) is 0 Å². The molecule has 0 amide bonds. The molecule has 100 valence electrons. The molecule has 1 heterocycles. The van der Waals surface area contributed by atoms with Gasteiger partial charge in [0.05, 0.1) is 31.7 Å². The second kappa shape index (κ2) is 5.56. The molecule has 1 aromatic heterocycles. The molecule has 2 aromatic rings. The lowest BCUT2D eigenvalue weighted by atomic mass is 10.1. The van der Waals surface area contributed by atoms with Gasteiger partial charge in [-0.25, -0.2) is 9.78 Å². The lowest BCUT2D eigenvalue weighted by Gasteiger charge is -2.12. The van der Waals surface area contributed by atoms with Gasteiger partial charge in [-0.3, -0.25) is 0 Å². The Balaban J connectivity index is 2.71. The molecule has 19 heavy (non-hydrogen) atoms. The molecule has 1 aromatic carbocycles. The van der Waals surface area contributed by atoms with Gasteiger partial charge in [0.2, 0.25) is 0 Å². The predicted octanol–water partition coefficient (Wildman–Crippen LogP) is 2.43. The first kappa shape index (κ1) is 13.1. The van der Waals surface area contributed by atoms with E-state index in [-0.39, 0.29) is 5.69 Å². The third-order valence-electron chi connectivity index (χ3n) is 2.67. The first-order valence-corrected chi connectivity index (χ1v) is 5.90. The van der Waals surface area contributed by atoms with Crippen LogP contribution in [0.4, 0.5) is 0 Å². The first-order chi connectivity index (χ1) is 9.21. The fraction of sp³-hybridized carbons (Fsp3) is 0.286. The maximum Gasteiger partial charge on any atom is 0.356 e. The number of methoxy groups -OCH3 is 2. The van der Waals surface area contributed by atoms with Gasteiger partial charge in [0.15, 0.2) is 5.69 Å². The molecule has 0 saturated carbocycles. The Morgan fingerprint density at radius 2 is 2.05 bits per heavy atom. The van der Waals surface area contributed by atoms with E-state index in [2.05, 4.69) is 9.72 Å². The number of fused-ring (bicyclic) bond motifs is 1. The van der Waals surface area contributed by atoms with Crippen LogP contribution in [0.2, 0.25) is 0 Å². The zero-order chi connectivity index (χ0) is 13.8. The summed E-state index contributed by atoms with van der Waals surface area (Å²) in [6.45, 7) is 2.36. The summed E-state index contributed by atoms with van der Waals surface area (Å²) in [6, 6.07) is 7.00. The first-order valence-electron chi connectivity index (χ1n) is 5.90. The minimum absolute atomic E-state index is 0.215. The number of benzene rings is 1. The fourth-order valence-electron chi connectivity index (χ4n) is 1.87. The number of nitrogens with zero attached hydrogens (tertiary/aromatic N) is 1.